The molecule has 0 amide bonds. The third-order valence-electron chi connectivity index (χ3n) is 2.70. The van der Waals surface area contributed by atoms with Gasteiger partial charge in [-0.05, 0) is 19.3 Å². The van der Waals surface area contributed by atoms with Crippen LogP contribution in [0.1, 0.15) is 37.1 Å². The number of nitrogens with zero attached hydrogens (tertiary/aromatic N) is 2. The smallest absolute Gasteiger partial charge is 0.147 e. The van der Waals surface area contributed by atoms with E-state index in [1.54, 1.807) is 4.68 Å². The largest absolute Gasteiger partial charge is 0.324 e. The van der Waals surface area contributed by atoms with E-state index in [0.29, 0.717) is 12.8 Å². The second-order valence-electron chi connectivity index (χ2n) is 4.44. The molecule has 1 aromatic rings. The van der Waals surface area contributed by atoms with E-state index in [4.69, 9.17) is 5.73 Å². The van der Waals surface area contributed by atoms with Crippen molar-refractivity contribution >= 4 is 9.84 Å². The Balaban J connectivity index is 2.60. The van der Waals surface area contributed by atoms with Gasteiger partial charge in [-0.25, -0.2) is 8.42 Å². The highest BCUT2D eigenvalue weighted by Gasteiger charge is 2.14. The molecule has 0 bridgehead atoms. The summed E-state index contributed by atoms with van der Waals surface area (Å²) in [5.41, 5.74) is 8.10. The number of rotatable bonds is 6. The molecular formula is C11H21N3O2S. The summed E-state index contributed by atoms with van der Waals surface area (Å²) in [4.78, 5) is 0. The van der Waals surface area contributed by atoms with Gasteiger partial charge in [0.05, 0.1) is 5.69 Å². The zero-order valence-corrected chi connectivity index (χ0v) is 11.5. The molecule has 2 N–H and O–H groups in total. The van der Waals surface area contributed by atoms with Crippen LogP contribution in [-0.4, -0.2) is 30.2 Å². The Hall–Kier alpha value is -0.880. The molecule has 6 heteroatoms. The van der Waals surface area contributed by atoms with Crippen LogP contribution in [0.4, 0.5) is 0 Å². The third-order valence-corrected chi connectivity index (χ3v) is 3.73. The van der Waals surface area contributed by atoms with E-state index in [2.05, 4.69) is 5.10 Å². The molecule has 1 aromatic heterocycles. The van der Waals surface area contributed by atoms with Crippen LogP contribution in [0.25, 0.3) is 0 Å². The standard InChI is InChI=1S/C11H21N3O2S/c1-4-11-9(8-14(2)13-11)10(12)6-5-7-17(3,15)16/h8,10H,4-7,12H2,1-3H3. The van der Waals surface area contributed by atoms with Crippen LogP contribution in [0, 0.1) is 0 Å². The maximum absolute atomic E-state index is 11.0. The van der Waals surface area contributed by atoms with Crippen LogP contribution in [-0.2, 0) is 23.3 Å². The van der Waals surface area contributed by atoms with Crippen molar-refractivity contribution in [1.29, 1.82) is 0 Å². The van der Waals surface area contributed by atoms with Crippen molar-refractivity contribution in [2.24, 2.45) is 12.8 Å². The van der Waals surface area contributed by atoms with Gasteiger partial charge in [0.1, 0.15) is 9.84 Å². The Morgan fingerprint density at radius 2 is 2.18 bits per heavy atom. The van der Waals surface area contributed by atoms with Crippen molar-refractivity contribution in [1.82, 2.24) is 9.78 Å². The van der Waals surface area contributed by atoms with Crippen molar-refractivity contribution < 1.29 is 8.42 Å². The van der Waals surface area contributed by atoms with E-state index >= 15 is 0 Å². The van der Waals surface area contributed by atoms with Crippen LogP contribution in [0.2, 0.25) is 0 Å². The molecule has 5 nitrogen and oxygen atoms in total. The molecule has 17 heavy (non-hydrogen) atoms. The van der Waals surface area contributed by atoms with Gasteiger partial charge in [0.25, 0.3) is 0 Å². The topological polar surface area (TPSA) is 78.0 Å². The molecule has 98 valence electrons. The normalized spacial score (nSPS) is 13.9. The molecular weight excluding hydrogens is 238 g/mol. The Kier molecular flexibility index (Phi) is 4.70. The first-order valence-electron chi connectivity index (χ1n) is 5.79. The monoisotopic (exact) mass is 259 g/mol. The number of hydrogen-bond acceptors (Lipinski definition) is 4. The van der Waals surface area contributed by atoms with E-state index in [1.807, 2.05) is 20.2 Å². The lowest BCUT2D eigenvalue weighted by molar-refractivity contribution is 0.587. The van der Waals surface area contributed by atoms with Crippen molar-refractivity contribution in [2.75, 3.05) is 12.0 Å². The van der Waals surface area contributed by atoms with Crippen LogP contribution in [0.3, 0.4) is 0 Å². The van der Waals surface area contributed by atoms with Gasteiger partial charge >= 0.3 is 0 Å². The van der Waals surface area contributed by atoms with Crippen LogP contribution < -0.4 is 5.73 Å². The average molecular weight is 259 g/mol. The Bertz CT molecular complexity index is 465. The molecule has 0 saturated carbocycles. The van der Waals surface area contributed by atoms with Crippen LogP contribution in [0.5, 0.6) is 0 Å². The summed E-state index contributed by atoms with van der Waals surface area (Å²) in [7, 11) is -1.02. The van der Waals surface area contributed by atoms with Gasteiger partial charge in [0.15, 0.2) is 0 Å². The summed E-state index contributed by atoms with van der Waals surface area (Å²) in [6, 6.07) is -0.125. The van der Waals surface area contributed by atoms with Gasteiger partial charge in [-0.15, -0.1) is 0 Å². The predicted molar refractivity (Wildman–Crippen MR) is 68.5 cm³/mol. The first-order valence-corrected chi connectivity index (χ1v) is 7.85. The Morgan fingerprint density at radius 1 is 1.53 bits per heavy atom. The number of hydrogen-bond donors (Lipinski definition) is 1. The quantitative estimate of drug-likeness (QED) is 0.820. The first kappa shape index (κ1) is 14.2. The fourth-order valence-corrected chi connectivity index (χ4v) is 2.55. The lowest BCUT2D eigenvalue weighted by Crippen LogP contribution is -2.13. The van der Waals surface area contributed by atoms with Gasteiger partial charge in [0, 0.05) is 36.9 Å². The van der Waals surface area contributed by atoms with E-state index in [9.17, 15) is 8.42 Å². The van der Waals surface area contributed by atoms with E-state index in [0.717, 1.165) is 17.7 Å². The fourth-order valence-electron chi connectivity index (χ4n) is 1.86. The SMILES string of the molecule is CCc1nn(C)cc1C(N)CCCS(C)(=O)=O. The van der Waals surface area contributed by atoms with Crippen LogP contribution in [0.15, 0.2) is 6.20 Å². The van der Waals surface area contributed by atoms with Crippen molar-refractivity contribution in [3.63, 3.8) is 0 Å². The summed E-state index contributed by atoms with van der Waals surface area (Å²) in [6.45, 7) is 2.04. The molecule has 0 spiro atoms. The molecule has 0 aliphatic rings. The minimum Gasteiger partial charge on any atom is -0.324 e. The predicted octanol–water partition coefficient (Wildman–Crippen LogP) is 0.807. The highest BCUT2D eigenvalue weighted by Crippen LogP contribution is 2.19. The summed E-state index contributed by atoms with van der Waals surface area (Å²) >= 11 is 0. The van der Waals surface area contributed by atoms with Crippen molar-refractivity contribution in [2.45, 2.75) is 32.2 Å². The lowest BCUT2D eigenvalue weighted by Gasteiger charge is -2.10. The minimum absolute atomic E-state index is 0.125. The number of nitrogens with two attached hydrogens (primary N) is 1. The molecule has 0 aliphatic carbocycles. The first-order chi connectivity index (χ1) is 7.83. The van der Waals surface area contributed by atoms with E-state index in [1.165, 1.54) is 6.26 Å². The zero-order chi connectivity index (χ0) is 13.1. The molecule has 0 aromatic carbocycles. The highest BCUT2D eigenvalue weighted by atomic mass is 32.2. The minimum atomic E-state index is -2.89. The third kappa shape index (κ3) is 4.47. The molecule has 0 saturated heterocycles. The zero-order valence-electron chi connectivity index (χ0n) is 10.7. The van der Waals surface area contributed by atoms with Gasteiger partial charge in [-0.3, -0.25) is 4.68 Å². The summed E-state index contributed by atoms with van der Waals surface area (Å²) < 4.78 is 23.8. The second kappa shape index (κ2) is 5.64. The van der Waals surface area contributed by atoms with E-state index < -0.39 is 9.84 Å². The maximum atomic E-state index is 11.0. The molecule has 1 unspecified atom stereocenters. The molecule has 0 fully saturated rings. The van der Waals surface area contributed by atoms with Crippen LogP contribution >= 0.6 is 0 Å². The lowest BCUT2D eigenvalue weighted by atomic mass is 10.0. The Labute approximate surface area is 103 Å². The molecule has 1 rings (SSSR count). The highest BCUT2D eigenvalue weighted by molar-refractivity contribution is 7.90. The summed E-state index contributed by atoms with van der Waals surface area (Å²) in [6.07, 6.45) is 5.28. The average Bonchev–Trinajstić information content (AvgIpc) is 2.57. The van der Waals surface area contributed by atoms with Gasteiger partial charge in [-0.2, -0.15) is 5.10 Å². The van der Waals surface area contributed by atoms with Crippen molar-refractivity contribution in [3.05, 3.63) is 17.5 Å². The number of sulfone groups is 1. The second-order valence-corrected chi connectivity index (χ2v) is 6.70. The molecule has 0 radical (unpaired) electrons. The fraction of sp³-hybridized carbons (Fsp3) is 0.727. The number of aryl methyl sites for hydroxylation is 2. The molecule has 0 aliphatic heterocycles. The molecule has 1 heterocycles. The van der Waals surface area contributed by atoms with Crippen molar-refractivity contribution in [3.8, 4) is 0 Å². The van der Waals surface area contributed by atoms with E-state index in [-0.39, 0.29) is 11.8 Å². The van der Waals surface area contributed by atoms with Gasteiger partial charge in [0.2, 0.25) is 0 Å². The summed E-state index contributed by atoms with van der Waals surface area (Å²) in [5.74, 6) is 0.197. The number of aromatic nitrogens is 2. The maximum Gasteiger partial charge on any atom is 0.147 e. The van der Waals surface area contributed by atoms with Gasteiger partial charge in [-0.1, -0.05) is 6.92 Å². The van der Waals surface area contributed by atoms with Gasteiger partial charge < -0.3 is 5.73 Å². The molecule has 1 atom stereocenters. The summed E-state index contributed by atoms with van der Waals surface area (Å²) in [5, 5.41) is 4.33. The Morgan fingerprint density at radius 3 is 2.71 bits per heavy atom.